The number of benzene rings is 8. The Bertz CT molecular complexity index is 2850. The van der Waals surface area contributed by atoms with Crippen molar-refractivity contribution in [2.75, 3.05) is 0 Å². The highest BCUT2D eigenvalue weighted by Gasteiger charge is 2.21. The minimum Gasteiger partial charge on any atom is -0.309 e. The van der Waals surface area contributed by atoms with Gasteiger partial charge in [0, 0.05) is 32.2 Å². The van der Waals surface area contributed by atoms with Crippen LogP contribution in [0.1, 0.15) is 24.0 Å². The molecule has 0 N–H and O–H groups in total. The lowest BCUT2D eigenvalue weighted by Crippen LogP contribution is -1.95. The van der Waals surface area contributed by atoms with Gasteiger partial charge in [0.1, 0.15) is 0 Å². The quantitative estimate of drug-likeness (QED) is 0.172. The molecule has 1 nitrogen and oxygen atoms in total. The summed E-state index contributed by atoms with van der Waals surface area (Å²) in [7, 11) is 0. The molecule has 0 aliphatic carbocycles. The third-order valence-corrected chi connectivity index (χ3v) is 11.6. The summed E-state index contributed by atoms with van der Waals surface area (Å²) in [5.74, 6) is 0.305. The smallest absolute Gasteiger partial charge is 0.0541 e. The van der Waals surface area contributed by atoms with E-state index in [-0.39, 0.29) is 0 Å². The number of fused-ring (bicyclic) bond motifs is 10. The van der Waals surface area contributed by atoms with E-state index >= 15 is 0 Å². The average Bonchev–Trinajstić information content (AvgIpc) is 3.44. The van der Waals surface area contributed by atoms with Crippen molar-refractivity contribution >= 4 is 71.5 Å². The van der Waals surface area contributed by atoms with Crippen LogP contribution in [-0.2, 0) is 0 Å². The number of allylic oxidation sites excluding steroid dienone is 2. The average molecular weight is 656 g/mol. The van der Waals surface area contributed by atoms with Gasteiger partial charge >= 0.3 is 0 Å². The molecule has 1 atom stereocenters. The van der Waals surface area contributed by atoms with Gasteiger partial charge in [-0.25, -0.2) is 0 Å². The Morgan fingerprint density at radius 2 is 1.06 bits per heavy atom. The van der Waals surface area contributed by atoms with Crippen LogP contribution in [0.15, 0.2) is 180 Å². The second kappa shape index (κ2) is 11.4. The summed E-state index contributed by atoms with van der Waals surface area (Å²) in [5, 5.41) is 10.3. The first kappa shape index (κ1) is 29.1. The van der Waals surface area contributed by atoms with E-state index in [0.29, 0.717) is 5.92 Å². The summed E-state index contributed by atoms with van der Waals surface area (Å²) in [6.45, 7) is 6.83. The van der Waals surface area contributed by atoms with Crippen LogP contribution in [0, 0.1) is 0 Å². The lowest BCUT2D eigenvalue weighted by molar-refractivity contribution is 0.939. The monoisotopic (exact) mass is 655 g/mol. The summed E-state index contributed by atoms with van der Waals surface area (Å²) in [6.07, 6.45) is 2.39. The molecule has 1 aliphatic heterocycles. The highest BCUT2D eigenvalue weighted by Crippen LogP contribution is 2.45. The maximum absolute atomic E-state index is 4.54. The maximum Gasteiger partial charge on any atom is 0.0541 e. The molecule has 10 rings (SSSR count). The Labute approximate surface area is 295 Å². The van der Waals surface area contributed by atoms with Gasteiger partial charge < -0.3 is 4.57 Å². The fourth-order valence-electron chi connectivity index (χ4n) is 8.16. The highest BCUT2D eigenvalue weighted by atomic mass is 32.2. The molecule has 1 aliphatic rings. The van der Waals surface area contributed by atoms with Crippen molar-refractivity contribution in [2.24, 2.45) is 0 Å². The van der Waals surface area contributed by atoms with Gasteiger partial charge in [-0.3, -0.25) is 0 Å². The molecule has 2 heteroatoms. The number of nitrogens with zero attached hydrogens (tertiary/aromatic N) is 1. The van der Waals surface area contributed by atoms with Crippen molar-refractivity contribution in [1.29, 1.82) is 0 Å². The van der Waals surface area contributed by atoms with Crippen molar-refractivity contribution < 1.29 is 0 Å². The zero-order valence-corrected chi connectivity index (χ0v) is 28.5. The van der Waals surface area contributed by atoms with Gasteiger partial charge in [-0.15, -0.1) is 0 Å². The lowest BCUT2D eigenvalue weighted by atomic mass is 9.92. The third-order valence-electron chi connectivity index (χ3n) is 10.5. The van der Waals surface area contributed by atoms with E-state index < -0.39 is 0 Å². The molecule has 50 heavy (non-hydrogen) atoms. The molecule has 0 bridgehead atoms. The molecule has 1 aromatic heterocycles. The first-order chi connectivity index (χ1) is 24.6. The van der Waals surface area contributed by atoms with Crippen LogP contribution in [0.4, 0.5) is 0 Å². The molecule has 0 spiro atoms. The van der Waals surface area contributed by atoms with Gasteiger partial charge in [0.25, 0.3) is 0 Å². The summed E-state index contributed by atoms with van der Waals surface area (Å²) in [6, 6.07) is 58.0. The van der Waals surface area contributed by atoms with Crippen LogP contribution < -0.4 is 0 Å². The van der Waals surface area contributed by atoms with Crippen LogP contribution in [0.25, 0.3) is 76.5 Å². The molecule has 0 saturated carbocycles. The molecule has 0 radical (unpaired) electrons. The number of hydrogen-bond donors (Lipinski definition) is 0. The number of aromatic nitrogens is 1. The molecular formula is C48H33NS. The van der Waals surface area contributed by atoms with Crippen molar-refractivity contribution in [3.8, 4) is 16.8 Å². The molecule has 9 aromatic rings. The van der Waals surface area contributed by atoms with Gasteiger partial charge in [0.15, 0.2) is 0 Å². The van der Waals surface area contributed by atoms with Crippen molar-refractivity contribution in [3.63, 3.8) is 0 Å². The Morgan fingerprint density at radius 3 is 1.84 bits per heavy atom. The Morgan fingerprint density at radius 1 is 0.480 bits per heavy atom. The summed E-state index contributed by atoms with van der Waals surface area (Å²) < 4.78 is 2.42. The van der Waals surface area contributed by atoms with Crippen molar-refractivity contribution in [2.45, 2.75) is 17.7 Å². The standard InChI is InChI=1S/C48H33NS/c1-30-26-43(31(2)50-48-21-10-8-14-36(30)48)34-23-25-47-45(29-34)42-19-7-9-20-46(42)49(47)35-13-11-12-32(27-35)33-22-24-41-39-17-4-3-15-37(39)38-16-5-6-18-40(38)44(41)28-33/h3-30H,2H2,1H3. The first-order valence-electron chi connectivity index (χ1n) is 17.3. The number of thioether (sulfide) groups is 1. The molecule has 236 valence electrons. The van der Waals surface area contributed by atoms with Gasteiger partial charge in [-0.2, -0.15) is 0 Å². The predicted molar refractivity (Wildman–Crippen MR) is 217 cm³/mol. The fraction of sp³-hybridized carbons (Fsp3) is 0.0417. The maximum atomic E-state index is 4.54. The molecule has 0 amide bonds. The minimum absolute atomic E-state index is 0.305. The van der Waals surface area contributed by atoms with Crippen molar-refractivity contribution in [1.82, 2.24) is 4.57 Å². The number of para-hydroxylation sites is 1. The van der Waals surface area contributed by atoms with Crippen LogP contribution in [0.3, 0.4) is 0 Å². The molecule has 8 aromatic carbocycles. The van der Waals surface area contributed by atoms with E-state index in [1.165, 1.54) is 86.8 Å². The molecular weight excluding hydrogens is 623 g/mol. The normalized spacial score (nSPS) is 14.8. The van der Waals surface area contributed by atoms with E-state index in [4.69, 9.17) is 0 Å². The number of hydrogen-bond acceptors (Lipinski definition) is 1. The van der Waals surface area contributed by atoms with Gasteiger partial charge in [0.2, 0.25) is 0 Å². The van der Waals surface area contributed by atoms with Crippen LogP contribution in [0.5, 0.6) is 0 Å². The topological polar surface area (TPSA) is 4.93 Å². The second-order valence-corrected chi connectivity index (χ2v) is 14.6. The van der Waals surface area contributed by atoms with Gasteiger partial charge in [0.05, 0.1) is 11.0 Å². The van der Waals surface area contributed by atoms with Crippen LogP contribution >= 0.6 is 11.8 Å². The molecule has 0 saturated heterocycles. The summed E-state index contributed by atoms with van der Waals surface area (Å²) in [5.41, 5.74) is 9.77. The SMILES string of the molecule is C=C1Sc2ccccc2C(C)C=C1c1ccc2c(c1)c1ccccc1n2-c1cccc(-c2ccc3c4ccccc4c4ccccc4c3c2)c1. The number of rotatable bonds is 3. The minimum atomic E-state index is 0.305. The largest absolute Gasteiger partial charge is 0.309 e. The lowest BCUT2D eigenvalue weighted by Gasteiger charge is -2.14. The van der Waals surface area contributed by atoms with E-state index in [0.717, 1.165) is 10.6 Å². The van der Waals surface area contributed by atoms with Crippen molar-refractivity contribution in [3.05, 3.63) is 186 Å². The highest BCUT2D eigenvalue weighted by molar-refractivity contribution is 8.03. The van der Waals surface area contributed by atoms with E-state index in [1.807, 2.05) is 0 Å². The van der Waals surface area contributed by atoms with Crippen LogP contribution in [-0.4, -0.2) is 4.57 Å². The summed E-state index contributed by atoms with van der Waals surface area (Å²) in [4.78, 5) is 2.38. The third kappa shape index (κ3) is 4.49. The van der Waals surface area contributed by atoms with E-state index in [1.54, 1.807) is 11.8 Å². The first-order valence-corrected chi connectivity index (χ1v) is 18.1. The van der Waals surface area contributed by atoms with E-state index in [2.05, 4.69) is 182 Å². The van der Waals surface area contributed by atoms with Crippen LogP contribution in [0.2, 0.25) is 0 Å². The van der Waals surface area contributed by atoms with Gasteiger partial charge in [-0.05, 0) is 103 Å². The Hall–Kier alpha value is -5.83. The van der Waals surface area contributed by atoms with E-state index in [9.17, 15) is 0 Å². The molecule has 2 heterocycles. The van der Waals surface area contributed by atoms with Gasteiger partial charge in [-0.1, -0.05) is 147 Å². The Balaban J connectivity index is 1.12. The predicted octanol–water partition coefficient (Wildman–Crippen LogP) is 13.7. The fourth-order valence-corrected chi connectivity index (χ4v) is 9.24. The second-order valence-electron chi connectivity index (χ2n) is 13.4. The zero-order valence-electron chi connectivity index (χ0n) is 27.7. The Kier molecular flexibility index (Phi) is 6.62. The zero-order chi connectivity index (χ0) is 33.3. The molecule has 1 unspecified atom stereocenters. The molecule has 0 fully saturated rings. The summed E-state index contributed by atoms with van der Waals surface area (Å²) >= 11 is 1.78.